The van der Waals surface area contributed by atoms with Gasteiger partial charge in [0.25, 0.3) is 0 Å². The molecule has 4 heteroatoms. The molecule has 0 bridgehead atoms. The van der Waals surface area contributed by atoms with Crippen LogP contribution >= 0.6 is 0 Å². The van der Waals surface area contributed by atoms with Crippen molar-refractivity contribution >= 4 is 5.97 Å². The molecule has 4 nitrogen and oxygen atoms in total. The zero-order valence-corrected chi connectivity index (χ0v) is 5.87. The van der Waals surface area contributed by atoms with Crippen LogP contribution in [0.25, 0.3) is 0 Å². The van der Waals surface area contributed by atoms with Gasteiger partial charge in [-0.15, -0.1) is 0 Å². The second-order valence-corrected chi connectivity index (χ2v) is 2.40. The van der Waals surface area contributed by atoms with E-state index in [0.29, 0.717) is 0 Å². The number of esters is 1. The number of hydrogen-bond acceptors (Lipinski definition) is 4. The third-order valence-electron chi connectivity index (χ3n) is 1.42. The van der Waals surface area contributed by atoms with Crippen molar-refractivity contribution < 1.29 is 9.53 Å². The molecule has 0 N–H and O–H groups in total. The maximum absolute atomic E-state index is 10.5. The molecule has 0 aliphatic carbocycles. The molecule has 54 valence electrons. The van der Waals surface area contributed by atoms with Gasteiger partial charge in [-0.1, -0.05) is 0 Å². The minimum Gasteiger partial charge on any atom is -0.443 e. The van der Waals surface area contributed by atoms with Gasteiger partial charge < -0.3 is 4.74 Å². The molecule has 1 heterocycles. The number of hydrogen-bond donors (Lipinski definition) is 0. The van der Waals surface area contributed by atoms with E-state index < -0.39 is 11.9 Å². The fraction of sp³-hybridized carbons (Fsp3) is 0.667. The molecule has 0 aromatic carbocycles. The zero-order chi connectivity index (χ0) is 7.72. The van der Waals surface area contributed by atoms with Gasteiger partial charge in [-0.05, 0) is 14.1 Å². The van der Waals surface area contributed by atoms with E-state index in [4.69, 9.17) is 5.26 Å². The van der Waals surface area contributed by atoms with Gasteiger partial charge >= 0.3 is 5.97 Å². The molecule has 10 heavy (non-hydrogen) atoms. The number of rotatable bonds is 1. The van der Waals surface area contributed by atoms with E-state index in [-0.39, 0.29) is 6.23 Å². The van der Waals surface area contributed by atoms with Crippen molar-refractivity contribution in [3.05, 3.63) is 0 Å². The molecule has 1 fully saturated rings. The molecule has 1 aliphatic rings. The fourth-order valence-corrected chi connectivity index (χ4v) is 0.824. The molecule has 0 aromatic rings. The molecule has 2 atom stereocenters. The summed E-state index contributed by atoms with van der Waals surface area (Å²) in [6.45, 7) is 0. The number of nitrogens with zero attached hydrogens (tertiary/aromatic N) is 2. The van der Waals surface area contributed by atoms with Gasteiger partial charge in [0.2, 0.25) is 0 Å². The van der Waals surface area contributed by atoms with Gasteiger partial charge in [-0.25, -0.2) is 0 Å². The minimum atomic E-state index is -0.588. The standard InChI is InChI=1S/C6H8N2O2/c1-8(2)5-4(3-7)6(9)10-5/h4-5H,1-2H3. The molecule has 0 radical (unpaired) electrons. The predicted octanol–water partition coefficient (Wildman–Crippen LogP) is -0.429. The smallest absolute Gasteiger partial charge is 0.330 e. The van der Waals surface area contributed by atoms with Crippen LogP contribution in [0.15, 0.2) is 0 Å². The van der Waals surface area contributed by atoms with Crippen molar-refractivity contribution in [2.24, 2.45) is 5.92 Å². The highest BCUT2D eigenvalue weighted by molar-refractivity contribution is 5.81. The summed E-state index contributed by atoms with van der Waals surface area (Å²) in [6, 6.07) is 1.87. The largest absolute Gasteiger partial charge is 0.443 e. The van der Waals surface area contributed by atoms with Crippen molar-refractivity contribution in [1.82, 2.24) is 4.90 Å². The van der Waals surface area contributed by atoms with Crippen LogP contribution in [-0.4, -0.2) is 31.2 Å². The maximum atomic E-state index is 10.5. The molecule has 0 saturated carbocycles. The fourth-order valence-electron chi connectivity index (χ4n) is 0.824. The number of nitriles is 1. The Labute approximate surface area is 59.0 Å². The van der Waals surface area contributed by atoms with Gasteiger partial charge in [-0.2, -0.15) is 5.26 Å². The summed E-state index contributed by atoms with van der Waals surface area (Å²) in [7, 11) is 3.53. The molecule has 2 unspecified atom stereocenters. The summed E-state index contributed by atoms with van der Waals surface area (Å²) in [5.74, 6) is -1.00. The van der Waals surface area contributed by atoms with Crippen LogP contribution in [0.2, 0.25) is 0 Å². The number of carbonyl (C=O) groups is 1. The van der Waals surface area contributed by atoms with Crippen LogP contribution < -0.4 is 0 Å². The predicted molar refractivity (Wildman–Crippen MR) is 32.7 cm³/mol. The van der Waals surface area contributed by atoms with Crippen molar-refractivity contribution in [1.29, 1.82) is 5.26 Å². The van der Waals surface area contributed by atoms with Crippen LogP contribution in [0.1, 0.15) is 0 Å². The molecule has 1 aliphatic heterocycles. The molecule has 0 spiro atoms. The van der Waals surface area contributed by atoms with Gasteiger partial charge in [0, 0.05) is 0 Å². The molecule has 1 saturated heterocycles. The number of ether oxygens (including phenoxy) is 1. The lowest BCUT2D eigenvalue weighted by Crippen LogP contribution is -2.52. The lowest BCUT2D eigenvalue weighted by molar-refractivity contribution is -0.196. The Bertz CT molecular complexity index is 194. The van der Waals surface area contributed by atoms with Gasteiger partial charge in [0.05, 0.1) is 6.07 Å². The Balaban J connectivity index is 2.56. The van der Waals surface area contributed by atoms with Crippen LogP contribution in [0.4, 0.5) is 0 Å². The quantitative estimate of drug-likeness (QED) is 0.464. The summed E-state index contributed by atoms with van der Waals surface area (Å²) < 4.78 is 4.67. The SMILES string of the molecule is CN(C)C1OC(=O)C1C#N. The number of carbonyl (C=O) groups excluding carboxylic acids is 1. The van der Waals surface area contributed by atoms with Gasteiger partial charge in [0.15, 0.2) is 12.1 Å². The Morgan fingerprint density at radius 1 is 1.70 bits per heavy atom. The van der Waals surface area contributed by atoms with Crippen molar-refractivity contribution in [2.45, 2.75) is 6.23 Å². The summed E-state index contributed by atoms with van der Waals surface area (Å²) >= 11 is 0. The van der Waals surface area contributed by atoms with E-state index in [1.54, 1.807) is 19.0 Å². The minimum absolute atomic E-state index is 0.336. The molecule has 0 aromatic heterocycles. The topological polar surface area (TPSA) is 53.3 Å². The first-order chi connectivity index (χ1) is 4.66. The van der Waals surface area contributed by atoms with Crippen molar-refractivity contribution in [3.63, 3.8) is 0 Å². The van der Waals surface area contributed by atoms with Gasteiger partial charge in [-0.3, -0.25) is 9.69 Å². The third-order valence-corrected chi connectivity index (χ3v) is 1.42. The van der Waals surface area contributed by atoms with E-state index in [1.165, 1.54) is 0 Å². The monoisotopic (exact) mass is 140 g/mol. The van der Waals surface area contributed by atoms with E-state index in [1.807, 2.05) is 6.07 Å². The van der Waals surface area contributed by atoms with E-state index in [9.17, 15) is 4.79 Å². The molecular weight excluding hydrogens is 132 g/mol. The first kappa shape index (κ1) is 7.03. The summed E-state index contributed by atoms with van der Waals surface area (Å²) in [6.07, 6.45) is -0.336. The zero-order valence-electron chi connectivity index (χ0n) is 5.87. The Morgan fingerprint density at radius 2 is 2.30 bits per heavy atom. The number of cyclic esters (lactones) is 1. The third kappa shape index (κ3) is 0.847. The molecule has 1 rings (SSSR count). The van der Waals surface area contributed by atoms with Crippen molar-refractivity contribution in [3.8, 4) is 6.07 Å². The molecule has 0 amide bonds. The lowest BCUT2D eigenvalue weighted by atomic mass is 10.1. The van der Waals surface area contributed by atoms with E-state index >= 15 is 0 Å². The maximum Gasteiger partial charge on any atom is 0.330 e. The van der Waals surface area contributed by atoms with E-state index in [2.05, 4.69) is 4.74 Å². The highest BCUT2D eigenvalue weighted by atomic mass is 16.6. The van der Waals surface area contributed by atoms with E-state index in [0.717, 1.165) is 0 Å². The second kappa shape index (κ2) is 2.27. The average molecular weight is 140 g/mol. The van der Waals surface area contributed by atoms with Crippen LogP contribution in [-0.2, 0) is 9.53 Å². The summed E-state index contributed by atoms with van der Waals surface area (Å²) in [5, 5.41) is 8.40. The first-order valence-electron chi connectivity index (χ1n) is 2.93. The van der Waals surface area contributed by atoms with Crippen LogP contribution in [0, 0.1) is 17.2 Å². The van der Waals surface area contributed by atoms with Crippen LogP contribution in [0.3, 0.4) is 0 Å². The highest BCUT2D eigenvalue weighted by Crippen LogP contribution is 2.22. The second-order valence-electron chi connectivity index (χ2n) is 2.40. The first-order valence-corrected chi connectivity index (χ1v) is 2.93. The highest BCUT2D eigenvalue weighted by Gasteiger charge is 2.44. The summed E-state index contributed by atoms with van der Waals surface area (Å²) in [4.78, 5) is 12.2. The average Bonchev–Trinajstić information content (AvgIpc) is 1.83. The Kier molecular flexibility index (Phi) is 1.60. The Morgan fingerprint density at radius 3 is 2.50 bits per heavy atom. The van der Waals surface area contributed by atoms with Crippen LogP contribution in [0.5, 0.6) is 0 Å². The normalized spacial score (nSPS) is 30.8. The summed E-state index contributed by atoms with van der Waals surface area (Å²) in [5.41, 5.74) is 0. The Hall–Kier alpha value is -1.08. The van der Waals surface area contributed by atoms with Gasteiger partial charge in [0.1, 0.15) is 0 Å². The lowest BCUT2D eigenvalue weighted by Gasteiger charge is -2.34. The molecular formula is C6H8N2O2. The van der Waals surface area contributed by atoms with Crippen molar-refractivity contribution in [2.75, 3.05) is 14.1 Å².